The van der Waals surface area contributed by atoms with E-state index in [-0.39, 0.29) is 30.4 Å². The van der Waals surface area contributed by atoms with Crippen molar-refractivity contribution >= 4 is 33.8 Å². The zero-order valence-electron chi connectivity index (χ0n) is 17.6. The van der Waals surface area contributed by atoms with Crippen molar-refractivity contribution in [3.8, 4) is 0 Å². The molecule has 32 heavy (non-hydrogen) atoms. The Kier molecular flexibility index (Phi) is 5.33. The van der Waals surface area contributed by atoms with E-state index in [1.807, 2.05) is 0 Å². The fraction of sp³-hybridized carbons (Fsp3) is 0.421. The molecule has 13 heteroatoms. The molecule has 3 aliphatic rings. The number of nitrogens with one attached hydrogen (secondary N) is 1. The predicted molar refractivity (Wildman–Crippen MR) is 115 cm³/mol. The molecule has 3 aliphatic heterocycles. The van der Waals surface area contributed by atoms with Crippen molar-refractivity contribution in [1.82, 2.24) is 9.21 Å². The lowest BCUT2D eigenvalue weighted by Crippen LogP contribution is -2.57. The summed E-state index contributed by atoms with van der Waals surface area (Å²) in [5, 5.41) is 1.56. The summed E-state index contributed by atoms with van der Waals surface area (Å²) in [4.78, 5) is 22.8. The van der Waals surface area contributed by atoms with E-state index in [1.165, 1.54) is 32.5 Å². The van der Waals surface area contributed by atoms with Crippen LogP contribution in [0.3, 0.4) is 0 Å². The SMILES string of the molecule is COC1=CN(C)C(C(=O)Nc2ccc(F)c([C@]34COC[C@H]3S(=O)(=O)N(C)C(N)=N4)c2)C=N1. The van der Waals surface area contributed by atoms with Gasteiger partial charge in [-0.05, 0) is 18.2 Å². The van der Waals surface area contributed by atoms with Crippen molar-refractivity contribution in [1.29, 1.82) is 0 Å². The van der Waals surface area contributed by atoms with E-state index in [4.69, 9.17) is 15.2 Å². The summed E-state index contributed by atoms with van der Waals surface area (Å²) in [7, 11) is 0.516. The van der Waals surface area contributed by atoms with Gasteiger partial charge in [0.2, 0.25) is 21.9 Å². The number of carbonyl (C=O) groups excluding carboxylic acids is 1. The monoisotopic (exact) mass is 466 g/mol. The Hall–Kier alpha value is -3.19. The zero-order valence-corrected chi connectivity index (χ0v) is 18.5. The molecule has 0 aliphatic carbocycles. The highest BCUT2D eigenvalue weighted by molar-refractivity contribution is 7.90. The van der Waals surface area contributed by atoms with E-state index in [9.17, 15) is 17.6 Å². The van der Waals surface area contributed by atoms with Crippen LogP contribution in [0.4, 0.5) is 10.1 Å². The number of anilines is 1. The third kappa shape index (κ3) is 3.37. The Labute approximate surface area is 184 Å². The third-order valence-electron chi connectivity index (χ3n) is 5.78. The molecule has 172 valence electrons. The van der Waals surface area contributed by atoms with Gasteiger partial charge in [0.1, 0.15) is 22.6 Å². The summed E-state index contributed by atoms with van der Waals surface area (Å²) in [6.45, 7) is -0.320. The molecule has 11 nitrogen and oxygen atoms in total. The molecule has 0 bridgehead atoms. The maximum absolute atomic E-state index is 15.0. The minimum atomic E-state index is -3.92. The van der Waals surface area contributed by atoms with Crippen molar-refractivity contribution in [2.24, 2.45) is 15.7 Å². The fourth-order valence-corrected chi connectivity index (χ4v) is 5.63. The molecule has 3 N–H and O–H groups in total. The molecule has 0 saturated carbocycles. The van der Waals surface area contributed by atoms with E-state index >= 15 is 0 Å². The van der Waals surface area contributed by atoms with Crippen LogP contribution in [-0.4, -0.2) is 81.4 Å². The number of hydrogen-bond donors (Lipinski definition) is 2. The van der Waals surface area contributed by atoms with Gasteiger partial charge in [-0.3, -0.25) is 4.79 Å². The molecule has 1 aromatic carbocycles. The number of methoxy groups -OCH3 is 1. The van der Waals surface area contributed by atoms with E-state index in [0.717, 1.165) is 10.4 Å². The molecule has 1 fully saturated rings. The highest BCUT2D eigenvalue weighted by Gasteiger charge is 2.58. The standard InChI is InChI=1S/C19H23FN6O5S/c1-25-8-16(30-3)22-7-14(25)17(27)23-11-4-5-13(20)12(6-11)19-10-31-9-15(19)32(28,29)26(2)18(21)24-19/h4-8,14-15H,9-10H2,1-3H3,(H2,21,24)(H,23,27)/t14?,15-,19-/m1/s1. The molecule has 1 aromatic rings. The van der Waals surface area contributed by atoms with E-state index < -0.39 is 38.6 Å². The molecule has 1 saturated heterocycles. The largest absolute Gasteiger partial charge is 0.480 e. The van der Waals surface area contributed by atoms with Crippen molar-refractivity contribution in [3.63, 3.8) is 0 Å². The quantitative estimate of drug-likeness (QED) is 0.625. The van der Waals surface area contributed by atoms with Crippen LogP contribution in [0, 0.1) is 5.82 Å². The molecule has 3 heterocycles. The first kappa shape index (κ1) is 22.0. The van der Waals surface area contributed by atoms with Crippen molar-refractivity contribution in [2.75, 3.05) is 39.7 Å². The van der Waals surface area contributed by atoms with Crippen LogP contribution < -0.4 is 11.1 Å². The van der Waals surface area contributed by atoms with Gasteiger partial charge >= 0.3 is 0 Å². The predicted octanol–water partition coefficient (Wildman–Crippen LogP) is -0.222. The van der Waals surface area contributed by atoms with Gasteiger partial charge in [0.25, 0.3) is 5.91 Å². The van der Waals surface area contributed by atoms with Crippen LogP contribution in [0.1, 0.15) is 5.56 Å². The second kappa shape index (κ2) is 7.74. The first-order chi connectivity index (χ1) is 15.1. The molecule has 0 aromatic heterocycles. The number of sulfonamides is 1. The Morgan fingerprint density at radius 1 is 1.41 bits per heavy atom. The van der Waals surface area contributed by atoms with Crippen LogP contribution in [0.25, 0.3) is 0 Å². The first-order valence-electron chi connectivity index (χ1n) is 9.64. The summed E-state index contributed by atoms with van der Waals surface area (Å²) in [6, 6.07) is 3.17. The van der Waals surface area contributed by atoms with Gasteiger partial charge in [-0.1, -0.05) is 0 Å². The van der Waals surface area contributed by atoms with Crippen LogP contribution in [-0.2, 0) is 29.8 Å². The Balaban J connectivity index is 1.68. The maximum Gasteiger partial charge on any atom is 0.252 e. The highest BCUT2D eigenvalue weighted by atomic mass is 32.2. The van der Waals surface area contributed by atoms with Crippen LogP contribution >= 0.6 is 0 Å². The zero-order chi connectivity index (χ0) is 23.3. The van der Waals surface area contributed by atoms with E-state index in [2.05, 4.69) is 15.3 Å². The van der Waals surface area contributed by atoms with Crippen LogP contribution in [0.2, 0.25) is 0 Å². The van der Waals surface area contributed by atoms with Gasteiger partial charge < -0.3 is 25.4 Å². The summed E-state index contributed by atoms with van der Waals surface area (Å²) in [6.07, 6.45) is 2.99. The van der Waals surface area contributed by atoms with Gasteiger partial charge in [0.15, 0.2) is 0 Å². The number of amides is 1. The number of halogens is 1. The van der Waals surface area contributed by atoms with Crippen LogP contribution in [0.15, 0.2) is 40.3 Å². The number of fused-ring (bicyclic) bond motifs is 1. The Morgan fingerprint density at radius 2 is 2.16 bits per heavy atom. The second-order valence-corrected chi connectivity index (χ2v) is 9.80. The first-order valence-corrected chi connectivity index (χ1v) is 11.1. The Bertz CT molecular complexity index is 1150. The van der Waals surface area contributed by atoms with Gasteiger partial charge in [-0.15, -0.1) is 0 Å². The minimum Gasteiger partial charge on any atom is -0.480 e. The molecule has 0 radical (unpaired) electrons. The number of likely N-dealkylation sites (N-methyl/N-ethyl adjacent to an activating group) is 1. The lowest BCUT2D eigenvalue weighted by Gasteiger charge is -2.38. The van der Waals surface area contributed by atoms with Crippen molar-refractivity contribution < 1.29 is 27.1 Å². The van der Waals surface area contributed by atoms with Gasteiger partial charge in [0, 0.05) is 31.6 Å². The summed E-state index contributed by atoms with van der Waals surface area (Å²) >= 11 is 0. The number of rotatable bonds is 4. The van der Waals surface area contributed by atoms with Gasteiger partial charge in [0.05, 0.1) is 26.5 Å². The smallest absolute Gasteiger partial charge is 0.252 e. The number of ether oxygens (including phenoxy) is 2. The number of benzene rings is 1. The molecule has 1 amide bonds. The number of carbonyl (C=O) groups is 1. The molecule has 0 spiro atoms. The molecular formula is C19H23FN6O5S. The van der Waals surface area contributed by atoms with Gasteiger partial charge in [-0.25, -0.2) is 27.1 Å². The molecule has 4 rings (SSSR count). The second-order valence-electron chi connectivity index (χ2n) is 7.65. The average Bonchev–Trinajstić information content (AvgIpc) is 3.19. The van der Waals surface area contributed by atoms with Gasteiger partial charge in [-0.2, -0.15) is 0 Å². The normalized spacial score (nSPS) is 28.6. The van der Waals surface area contributed by atoms with E-state index in [0.29, 0.717) is 5.88 Å². The summed E-state index contributed by atoms with van der Waals surface area (Å²) in [5.74, 6) is -1.01. The summed E-state index contributed by atoms with van der Waals surface area (Å²) in [5.41, 5.74) is 4.53. The summed E-state index contributed by atoms with van der Waals surface area (Å²) < 4.78 is 52.1. The number of nitrogens with zero attached hydrogens (tertiary/aromatic N) is 4. The third-order valence-corrected chi connectivity index (χ3v) is 7.97. The molecular weight excluding hydrogens is 443 g/mol. The lowest BCUT2D eigenvalue weighted by atomic mass is 9.88. The van der Waals surface area contributed by atoms with E-state index in [1.54, 1.807) is 18.1 Å². The molecule has 3 atom stereocenters. The topological polar surface area (TPSA) is 139 Å². The maximum atomic E-state index is 15.0. The van der Waals surface area contributed by atoms with Crippen molar-refractivity contribution in [3.05, 3.63) is 41.7 Å². The minimum absolute atomic E-state index is 0.0235. The van der Waals surface area contributed by atoms with Crippen molar-refractivity contribution in [2.45, 2.75) is 16.8 Å². The number of aliphatic imine (C=N–C) groups is 2. The van der Waals surface area contributed by atoms with Crippen LogP contribution in [0.5, 0.6) is 0 Å². The molecule has 1 unspecified atom stereocenters. The Morgan fingerprint density at radius 3 is 2.84 bits per heavy atom. The highest BCUT2D eigenvalue weighted by Crippen LogP contribution is 2.44. The number of guanidine groups is 1. The average molecular weight is 466 g/mol. The fourth-order valence-electron chi connectivity index (χ4n) is 3.94. The number of nitrogens with two attached hydrogens (primary N) is 1. The number of hydrogen-bond acceptors (Lipinski definition) is 9. The lowest BCUT2D eigenvalue weighted by molar-refractivity contribution is -0.118.